The van der Waals surface area contributed by atoms with Crippen LogP contribution in [-0.2, 0) is 16.0 Å². The fourth-order valence-electron chi connectivity index (χ4n) is 4.96. The molecule has 0 spiro atoms. The van der Waals surface area contributed by atoms with Crippen molar-refractivity contribution in [3.63, 3.8) is 0 Å². The molecule has 2 aromatic rings. The monoisotopic (exact) mass is 398 g/mol. The second kappa shape index (κ2) is 7.66. The standard InChI is InChI=1S/C22H26N2O3S/c1-12(2)9-13-3-5-14(6-4-13)17-11-28-22(23-17)24-20(25)18-15-7-8-16(10-15)19(18)21(26)27/h3-6,11-12,15-16,18-19H,7-10H2,1-2H3,(H,26,27)(H,23,24,25)/t15-,16-,18+,19-/m0/s1. The number of amides is 1. The number of carbonyl (C=O) groups excluding carboxylic acids is 1. The lowest BCUT2D eigenvalue weighted by Crippen LogP contribution is -2.37. The Labute approximate surface area is 169 Å². The number of nitrogens with one attached hydrogen (secondary N) is 1. The highest BCUT2D eigenvalue weighted by atomic mass is 32.1. The first-order chi connectivity index (χ1) is 13.4. The zero-order valence-electron chi connectivity index (χ0n) is 16.2. The van der Waals surface area contributed by atoms with Gasteiger partial charge in [-0.3, -0.25) is 9.59 Å². The zero-order chi connectivity index (χ0) is 19.8. The van der Waals surface area contributed by atoms with Crippen LogP contribution in [0.2, 0.25) is 0 Å². The molecule has 6 heteroatoms. The third kappa shape index (κ3) is 3.70. The molecular weight excluding hydrogens is 372 g/mol. The highest BCUT2D eigenvalue weighted by molar-refractivity contribution is 7.14. The molecule has 2 aliphatic carbocycles. The van der Waals surface area contributed by atoms with Gasteiger partial charge < -0.3 is 10.4 Å². The third-order valence-corrected chi connectivity index (χ3v) is 6.89. The van der Waals surface area contributed by atoms with Crippen molar-refractivity contribution in [3.05, 3.63) is 35.2 Å². The molecule has 4 atom stereocenters. The van der Waals surface area contributed by atoms with Crippen molar-refractivity contribution in [1.29, 1.82) is 0 Å². The van der Waals surface area contributed by atoms with Gasteiger partial charge in [0.1, 0.15) is 0 Å². The molecule has 0 saturated heterocycles. The van der Waals surface area contributed by atoms with Crippen molar-refractivity contribution in [2.45, 2.75) is 39.5 Å². The number of thiazole rings is 1. The van der Waals surface area contributed by atoms with E-state index in [1.807, 2.05) is 5.38 Å². The summed E-state index contributed by atoms with van der Waals surface area (Å²) in [5, 5.41) is 14.9. The van der Waals surface area contributed by atoms with Crippen LogP contribution in [-0.4, -0.2) is 22.0 Å². The molecule has 2 aliphatic rings. The van der Waals surface area contributed by atoms with Gasteiger partial charge in [-0.05, 0) is 49.0 Å². The number of hydrogen-bond donors (Lipinski definition) is 2. The Morgan fingerprint density at radius 3 is 2.50 bits per heavy atom. The van der Waals surface area contributed by atoms with Crippen LogP contribution in [0.1, 0.15) is 38.7 Å². The maximum Gasteiger partial charge on any atom is 0.307 e. The van der Waals surface area contributed by atoms with Gasteiger partial charge in [0.2, 0.25) is 5.91 Å². The van der Waals surface area contributed by atoms with Crippen molar-refractivity contribution < 1.29 is 14.7 Å². The number of aliphatic carboxylic acids is 1. The molecule has 0 radical (unpaired) electrons. The van der Waals surface area contributed by atoms with Gasteiger partial charge in [-0.15, -0.1) is 11.3 Å². The molecule has 28 heavy (non-hydrogen) atoms. The Morgan fingerprint density at radius 2 is 1.86 bits per heavy atom. The van der Waals surface area contributed by atoms with Crippen LogP contribution in [0.25, 0.3) is 11.3 Å². The SMILES string of the molecule is CC(C)Cc1ccc(-c2csc(NC(=O)[C@@H]3[C@H]4CC[C@@H](C4)[C@@H]3C(=O)O)n2)cc1. The average Bonchev–Trinajstić information content (AvgIpc) is 3.37. The van der Waals surface area contributed by atoms with Crippen LogP contribution in [0.5, 0.6) is 0 Å². The summed E-state index contributed by atoms with van der Waals surface area (Å²) in [6.07, 6.45) is 3.80. The molecular formula is C22H26N2O3S. The number of rotatable bonds is 6. The number of fused-ring (bicyclic) bond motifs is 2. The maximum atomic E-state index is 12.8. The molecule has 0 aliphatic heterocycles. The maximum absolute atomic E-state index is 12.8. The molecule has 2 bridgehead atoms. The lowest BCUT2D eigenvalue weighted by atomic mass is 9.79. The second-order valence-electron chi connectivity index (χ2n) is 8.55. The summed E-state index contributed by atoms with van der Waals surface area (Å²) in [6.45, 7) is 4.41. The van der Waals surface area contributed by atoms with Gasteiger partial charge in [-0.2, -0.15) is 0 Å². The third-order valence-electron chi connectivity index (χ3n) is 6.13. The van der Waals surface area contributed by atoms with Crippen molar-refractivity contribution in [1.82, 2.24) is 4.98 Å². The lowest BCUT2D eigenvalue weighted by molar-refractivity contribution is -0.148. The summed E-state index contributed by atoms with van der Waals surface area (Å²) < 4.78 is 0. The van der Waals surface area contributed by atoms with E-state index >= 15 is 0 Å². The minimum atomic E-state index is -0.839. The van der Waals surface area contributed by atoms with Crippen LogP contribution in [0.4, 0.5) is 5.13 Å². The van der Waals surface area contributed by atoms with E-state index in [4.69, 9.17) is 0 Å². The molecule has 4 rings (SSSR count). The van der Waals surface area contributed by atoms with E-state index in [2.05, 4.69) is 48.4 Å². The number of hydrogen-bond acceptors (Lipinski definition) is 4. The largest absolute Gasteiger partial charge is 0.481 e. The van der Waals surface area contributed by atoms with Crippen LogP contribution < -0.4 is 5.32 Å². The minimum absolute atomic E-state index is 0.148. The summed E-state index contributed by atoms with van der Waals surface area (Å²) in [5.41, 5.74) is 3.16. The first-order valence-corrected chi connectivity index (χ1v) is 10.9. The summed E-state index contributed by atoms with van der Waals surface area (Å²) in [5.74, 6) is -1.05. The van der Waals surface area contributed by atoms with Crippen molar-refractivity contribution in [2.24, 2.45) is 29.6 Å². The average molecular weight is 399 g/mol. The Hall–Kier alpha value is -2.21. The van der Waals surface area contributed by atoms with Crippen molar-refractivity contribution in [2.75, 3.05) is 5.32 Å². The van der Waals surface area contributed by atoms with Crippen LogP contribution in [0.3, 0.4) is 0 Å². The second-order valence-corrected chi connectivity index (χ2v) is 9.40. The number of anilines is 1. The summed E-state index contributed by atoms with van der Waals surface area (Å²) in [7, 11) is 0. The normalized spacial score (nSPS) is 26.0. The molecule has 2 fully saturated rings. The minimum Gasteiger partial charge on any atom is -0.481 e. The van der Waals surface area contributed by atoms with Gasteiger partial charge in [0.05, 0.1) is 17.5 Å². The van der Waals surface area contributed by atoms with Gasteiger partial charge in [0, 0.05) is 10.9 Å². The number of carboxylic acids is 1. The lowest BCUT2D eigenvalue weighted by Gasteiger charge is -2.26. The van der Waals surface area contributed by atoms with E-state index in [-0.39, 0.29) is 17.7 Å². The Bertz CT molecular complexity index is 874. The number of carboxylic acid groups (broad SMARTS) is 1. The van der Waals surface area contributed by atoms with Crippen LogP contribution >= 0.6 is 11.3 Å². The van der Waals surface area contributed by atoms with E-state index in [0.29, 0.717) is 11.0 Å². The quantitative estimate of drug-likeness (QED) is 0.739. The highest BCUT2D eigenvalue weighted by Gasteiger charge is 2.54. The molecule has 148 valence electrons. The Kier molecular flexibility index (Phi) is 5.23. The smallest absolute Gasteiger partial charge is 0.307 e. The van der Waals surface area contributed by atoms with Gasteiger partial charge in [-0.25, -0.2) is 4.98 Å². The predicted octanol–water partition coefficient (Wildman–Crippen LogP) is 4.69. The first-order valence-electron chi connectivity index (χ1n) is 10.0. The predicted molar refractivity (Wildman–Crippen MR) is 110 cm³/mol. The van der Waals surface area contributed by atoms with Crippen molar-refractivity contribution in [3.8, 4) is 11.3 Å². The molecule has 5 nitrogen and oxygen atoms in total. The highest BCUT2D eigenvalue weighted by Crippen LogP contribution is 2.52. The molecule has 2 N–H and O–H groups in total. The summed E-state index contributed by atoms with van der Waals surface area (Å²) in [6, 6.07) is 8.38. The van der Waals surface area contributed by atoms with Gasteiger partial charge in [0.15, 0.2) is 5.13 Å². The molecule has 0 unspecified atom stereocenters. The van der Waals surface area contributed by atoms with Gasteiger partial charge in [0.25, 0.3) is 0 Å². The van der Waals surface area contributed by atoms with E-state index < -0.39 is 17.8 Å². The number of benzene rings is 1. The Balaban J connectivity index is 1.45. The van der Waals surface area contributed by atoms with Crippen LogP contribution in [0, 0.1) is 29.6 Å². The van der Waals surface area contributed by atoms with Gasteiger partial charge in [-0.1, -0.05) is 38.1 Å². The fourth-order valence-corrected chi connectivity index (χ4v) is 5.68. The molecule has 1 aromatic heterocycles. The molecule has 1 aromatic carbocycles. The van der Waals surface area contributed by atoms with E-state index in [0.717, 1.165) is 36.9 Å². The van der Waals surface area contributed by atoms with E-state index in [1.54, 1.807) is 0 Å². The zero-order valence-corrected chi connectivity index (χ0v) is 17.0. The Morgan fingerprint density at radius 1 is 1.18 bits per heavy atom. The topological polar surface area (TPSA) is 79.3 Å². The molecule has 1 heterocycles. The summed E-state index contributed by atoms with van der Waals surface area (Å²) in [4.78, 5) is 29.0. The first kappa shape index (κ1) is 19.1. The molecule has 2 saturated carbocycles. The number of carbonyl (C=O) groups is 2. The number of nitrogens with zero attached hydrogens (tertiary/aromatic N) is 1. The summed E-state index contributed by atoms with van der Waals surface area (Å²) >= 11 is 1.39. The number of aromatic nitrogens is 1. The molecule has 1 amide bonds. The van der Waals surface area contributed by atoms with Gasteiger partial charge >= 0.3 is 5.97 Å². The van der Waals surface area contributed by atoms with Crippen molar-refractivity contribution >= 4 is 28.3 Å². The van der Waals surface area contributed by atoms with E-state index in [9.17, 15) is 14.7 Å². The fraction of sp³-hybridized carbons (Fsp3) is 0.500. The van der Waals surface area contributed by atoms with E-state index in [1.165, 1.54) is 16.9 Å². The van der Waals surface area contributed by atoms with Crippen LogP contribution in [0.15, 0.2) is 29.6 Å².